The summed E-state index contributed by atoms with van der Waals surface area (Å²) in [6.07, 6.45) is 1.05. The van der Waals surface area contributed by atoms with Crippen LogP contribution in [0.3, 0.4) is 0 Å². The number of nitrogens with zero attached hydrogens (tertiary/aromatic N) is 4. The van der Waals surface area contributed by atoms with Crippen LogP contribution in [0.25, 0.3) is 0 Å². The molecule has 9 nitrogen and oxygen atoms in total. The molecule has 0 bridgehead atoms. The van der Waals surface area contributed by atoms with E-state index in [1.54, 1.807) is 4.68 Å². The summed E-state index contributed by atoms with van der Waals surface area (Å²) in [5, 5.41) is 13.6. The molecular weight excluding hydrogens is 406 g/mol. The number of hydrogen-bond donors (Lipinski definition) is 3. The molecule has 32 heavy (non-hydrogen) atoms. The first-order valence-electron chi connectivity index (χ1n) is 11.0. The van der Waals surface area contributed by atoms with Gasteiger partial charge in [-0.25, -0.2) is 14.8 Å². The van der Waals surface area contributed by atoms with E-state index in [9.17, 15) is 4.79 Å². The molecule has 2 aromatic rings. The fourth-order valence-corrected chi connectivity index (χ4v) is 2.97. The van der Waals surface area contributed by atoms with Crippen LogP contribution in [0.15, 0.2) is 35.6 Å². The van der Waals surface area contributed by atoms with Gasteiger partial charge >= 0.3 is 6.09 Å². The van der Waals surface area contributed by atoms with Crippen molar-refractivity contribution in [3.8, 4) is 0 Å². The second-order valence-corrected chi connectivity index (χ2v) is 8.90. The van der Waals surface area contributed by atoms with Crippen LogP contribution in [0.5, 0.6) is 0 Å². The SMILES string of the molecule is CCNC(=NCc1ncnn1C)NCC(NC(=O)OC(C)(C)C)c1ccc(C(C)C)cc1. The number of amides is 1. The number of nitrogens with one attached hydrogen (secondary N) is 3. The molecule has 0 aliphatic heterocycles. The lowest BCUT2D eigenvalue weighted by Gasteiger charge is -2.25. The van der Waals surface area contributed by atoms with Gasteiger partial charge in [-0.05, 0) is 44.7 Å². The van der Waals surface area contributed by atoms with Crippen LogP contribution in [0.2, 0.25) is 0 Å². The maximum atomic E-state index is 12.5. The van der Waals surface area contributed by atoms with E-state index in [1.807, 2.05) is 46.9 Å². The minimum absolute atomic E-state index is 0.301. The zero-order valence-corrected chi connectivity index (χ0v) is 20.3. The summed E-state index contributed by atoms with van der Waals surface area (Å²) < 4.78 is 7.16. The minimum Gasteiger partial charge on any atom is -0.444 e. The lowest BCUT2D eigenvalue weighted by molar-refractivity contribution is 0.0504. The van der Waals surface area contributed by atoms with Crippen molar-refractivity contribution in [1.82, 2.24) is 30.7 Å². The molecule has 9 heteroatoms. The molecule has 0 aliphatic rings. The van der Waals surface area contributed by atoms with E-state index in [2.05, 4.69) is 57.0 Å². The number of carbonyl (C=O) groups excluding carboxylic acids is 1. The predicted molar refractivity (Wildman–Crippen MR) is 126 cm³/mol. The van der Waals surface area contributed by atoms with Gasteiger partial charge in [-0.1, -0.05) is 38.1 Å². The van der Waals surface area contributed by atoms with Gasteiger partial charge < -0.3 is 20.7 Å². The first-order valence-corrected chi connectivity index (χ1v) is 11.0. The summed E-state index contributed by atoms with van der Waals surface area (Å²) in [5.74, 6) is 1.83. The highest BCUT2D eigenvalue weighted by molar-refractivity contribution is 5.79. The molecule has 176 valence electrons. The van der Waals surface area contributed by atoms with E-state index in [1.165, 1.54) is 11.9 Å². The molecule has 1 heterocycles. The Morgan fingerprint density at radius 2 is 1.81 bits per heavy atom. The fraction of sp³-hybridized carbons (Fsp3) is 0.565. The lowest BCUT2D eigenvalue weighted by atomic mass is 9.99. The van der Waals surface area contributed by atoms with Crippen molar-refractivity contribution in [3.63, 3.8) is 0 Å². The zero-order chi connectivity index (χ0) is 23.7. The molecule has 1 unspecified atom stereocenters. The third-order valence-electron chi connectivity index (χ3n) is 4.70. The number of guanidine groups is 1. The van der Waals surface area contributed by atoms with Crippen LogP contribution in [0.1, 0.15) is 70.5 Å². The molecule has 0 aliphatic carbocycles. The summed E-state index contributed by atoms with van der Waals surface area (Å²) in [4.78, 5) is 21.3. The number of ether oxygens (including phenoxy) is 1. The second-order valence-electron chi connectivity index (χ2n) is 8.90. The fourth-order valence-electron chi connectivity index (χ4n) is 2.97. The Kier molecular flexibility index (Phi) is 9.04. The monoisotopic (exact) mass is 443 g/mol. The standard InChI is InChI=1S/C23H37N7O2/c1-8-24-21(26-14-20-27-15-28-30(20)7)25-13-19(29-22(31)32-23(4,5)6)18-11-9-17(10-12-18)16(2)3/h9-12,15-16,19H,8,13-14H2,1-7H3,(H,29,31)(H2,24,25,26). The molecule has 0 radical (unpaired) electrons. The molecule has 1 aromatic heterocycles. The number of rotatable bonds is 8. The van der Waals surface area contributed by atoms with E-state index in [0.29, 0.717) is 31.5 Å². The van der Waals surface area contributed by atoms with Crippen molar-refractivity contribution in [3.05, 3.63) is 47.5 Å². The molecule has 0 saturated carbocycles. The molecule has 3 N–H and O–H groups in total. The largest absolute Gasteiger partial charge is 0.444 e. The Morgan fingerprint density at radius 1 is 1.16 bits per heavy atom. The van der Waals surface area contributed by atoms with Crippen LogP contribution in [0, 0.1) is 0 Å². The lowest BCUT2D eigenvalue weighted by Crippen LogP contribution is -2.44. The van der Waals surface area contributed by atoms with Crippen LogP contribution in [0.4, 0.5) is 4.79 Å². The van der Waals surface area contributed by atoms with Gasteiger partial charge in [0.2, 0.25) is 0 Å². The van der Waals surface area contributed by atoms with Gasteiger partial charge in [0.05, 0.1) is 6.04 Å². The molecule has 1 atom stereocenters. The van der Waals surface area contributed by atoms with Crippen LogP contribution < -0.4 is 16.0 Å². The van der Waals surface area contributed by atoms with E-state index in [4.69, 9.17) is 4.74 Å². The molecule has 2 rings (SSSR count). The second kappa shape index (κ2) is 11.5. The Bertz CT molecular complexity index is 882. The van der Waals surface area contributed by atoms with Gasteiger partial charge in [0.1, 0.15) is 24.3 Å². The van der Waals surface area contributed by atoms with E-state index in [0.717, 1.165) is 11.4 Å². The zero-order valence-electron chi connectivity index (χ0n) is 20.3. The Hall–Kier alpha value is -3.10. The van der Waals surface area contributed by atoms with Crippen molar-refractivity contribution < 1.29 is 9.53 Å². The summed E-state index contributed by atoms with van der Waals surface area (Å²) in [6, 6.07) is 7.98. The quantitative estimate of drug-likeness (QED) is 0.427. The van der Waals surface area contributed by atoms with Gasteiger partial charge in [-0.2, -0.15) is 5.10 Å². The Balaban J connectivity index is 2.15. The molecule has 0 fully saturated rings. The normalized spacial score (nSPS) is 13.1. The van der Waals surface area contributed by atoms with Crippen molar-refractivity contribution >= 4 is 12.1 Å². The average molecular weight is 444 g/mol. The van der Waals surface area contributed by atoms with Crippen LogP contribution in [-0.2, 0) is 18.3 Å². The van der Waals surface area contributed by atoms with E-state index >= 15 is 0 Å². The first-order chi connectivity index (χ1) is 15.1. The van der Waals surface area contributed by atoms with Crippen LogP contribution in [-0.4, -0.2) is 45.5 Å². The number of benzene rings is 1. The number of carbonyl (C=O) groups is 1. The number of aliphatic imine (C=N–C) groups is 1. The minimum atomic E-state index is -0.573. The summed E-state index contributed by atoms with van der Waals surface area (Å²) in [6.45, 7) is 13.4. The third-order valence-corrected chi connectivity index (χ3v) is 4.70. The summed E-state index contributed by atoms with van der Waals surface area (Å²) >= 11 is 0. The highest BCUT2D eigenvalue weighted by atomic mass is 16.6. The van der Waals surface area contributed by atoms with Gasteiger partial charge in [-0.3, -0.25) is 4.68 Å². The molecular formula is C23H37N7O2. The van der Waals surface area contributed by atoms with Gasteiger partial charge in [0.25, 0.3) is 0 Å². The maximum absolute atomic E-state index is 12.5. The highest BCUT2D eigenvalue weighted by Crippen LogP contribution is 2.19. The van der Waals surface area contributed by atoms with Gasteiger partial charge in [-0.15, -0.1) is 0 Å². The van der Waals surface area contributed by atoms with Crippen molar-refractivity contribution in [1.29, 1.82) is 0 Å². The van der Waals surface area contributed by atoms with Crippen molar-refractivity contribution in [2.45, 2.75) is 65.6 Å². The van der Waals surface area contributed by atoms with E-state index in [-0.39, 0.29) is 6.04 Å². The summed E-state index contributed by atoms with van der Waals surface area (Å²) in [7, 11) is 1.83. The topological polar surface area (TPSA) is 105 Å². The first kappa shape index (κ1) is 25.2. The average Bonchev–Trinajstić information content (AvgIpc) is 3.12. The molecule has 1 amide bonds. The summed E-state index contributed by atoms with van der Waals surface area (Å²) in [5.41, 5.74) is 1.66. The van der Waals surface area contributed by atoms with Crippen LogP contribution >= 0.6 is 0 Å². The number of aromatic nitrogens is 3. The Labute approximate surface area is 191 Å². The molecule has 0 saturated heterocycles. The Morgan fingerprint density at radius 3 is 2.34 bits per heavy atom. The van der Waals surface area contributed by atoms with Gasteiger partial charge in [0.15, 0.2) is 5.96 Å². The number of aryl methyl sites for hydroxylation is 1. The molecule has 1 aromatic carbocycles. The van der Waals surface area contributed by atoms with Crippen molar-refractivity contribution in [2.75, 3.05) is 13.1 Å². The number of alkyl carbamates (subject to hydrolysis) is 1. The number of hydrogen-bond acceptors (Lipinski definition) is 5. The third kappa shape index (κ3) is 8.20. The van der Waals surface area contributed by atoms with E-state index < -0.39 is 11.7 Å². The van der Waals surface area contributed by atoms with Crippen molar-refractivity contribution in [2.24, 2.45) is 12.0 Å². The molecule has 0 spiro atoms. The maximum Gasteiger partial charge on any atom is 0.408 e. The predicted octanol–water partition coefficient (Wildman–Crippen LogP) is 3.26. The highest BCUT2D eigenvalue weighted by Gasteiger charge is 2.21. The smallest absolute Gasteiger partial charge is 0.408 e. The van der Waals surface area contributed by atoms with Gasteiger partial charge in [0, 0.05) is 20.1 Å².